The van der Waals surface area contributed by atoms with Crippen LogP contribution < -0.4 is 10.1 Å². The summed E-state index contributed by atoms with van der Waals surface area (Å²) in [6, 6.07) is 2.70. The second kappa shape index (κ2) is 5.89. The van der Waals surface area contributed by atoms with Gasteiger partial charge >= 0.3 is 0 Å². The van der Waals surface area contributed by atoms with Crippen LogP contribution >= 0.6 is 0 Å². The highest BCUT2D eigenvalue weighted by atomic mass is 16.6. The molecular weight excluding hydrogens is 210 g/mol. The molecule has 0 aliphatic heterocycles. The van der Waals surface area contributed by atoms with Crippen molar-refractivity contribution in [3.8, 4) is 5.88 Å². The summed E-state index contributed by atoms with van der Waals surface area (Å²) in [5.74, 6) is 0.715. The molecule has 16 heavy (non-hydrogen) atoms. The molecule has 1 aromatic heterocycles. The maximum atomic E-state index is 10.6. The standard InChI is InChI=1S/C10H15N3O3/c1-3-4-5-16-10-7-8(13(14)15)6-9(11-2)12-10/h6-7H,3-5H2,1-2H3,(H,11,12). The van der Waals surface area contributed by atoms with Crippen LogP contribution in [0, 0.1) is 10.1 Å². The largest absolute Gasteiger partial charge is 0.477 e. The molecule has 0 aromatic carbocycles. The quantitative estimate of drug-likeness (QED) is 0.456. The molecule has 88 valence electrons. The van der Waals surface area contributed by atoms with E-state index in [1.165, 1.54) is 12.1 Å². The van der Waals surface area contributed by atoms with Crippen molar-refractivity contribution < 1.29 is 9.66 Å². The lowest BCUT2D eigenvalue weighted by Crippen LogP contribution is -2.02. The van der Waals surface area contributed by atoms with E-state index < -0.39 is 4.92 Å². The zero-order valence-electron chi connectivity index (χ0n) is 9.40. The van der Waals surface area contributed by atoms with Gasteiger partial charge in [-0.25, -0.2) is 0 Å². The Morgan fingerprint density at radius 1 is 1.56 bits per heavy atom. The monoisotopic (exact) mass is 225 g/mol. The molecule has 0 bridgehead atoms. The molecule has 0 saturated carbocycles. The highest BCUT2D eigenvalue weighted by molar-refractivity contribution is 5.47. The third-order valence-electron chi connectivity index (χ3n) is 2.00. The summed E-state index contributed by atoms with van der Waals surface area (Å²) in [5.41, 5.74) is -0.0224. The van der Waals surface area contributed by atoms with Gasteiger partial charge < -0.3 is 10.1 Å². The molecule has 6 nitrogen and oxygen atoms in total. The average molecular weight is 225 g/mol. The molecule has 0 saturated heterocycles. The van der Waals surface area contributed by atoms with Crippen molar-refractivity contribution in [2.75, 3.05) is 19.0 Å². The fourth-order valence-electron chi connectivity index (χ4n) is 1.12. The Bertz CT molecular complexity index is 368. The molecule has 0 amide bonds. The summed E-state index contributed by atoms with van der Waals surface area (Å²) >= 11 is 0. The molecule has 0 aliphatic rings. The summed E-state index contributed by atoms with van der Waals surface area (Å²) < 4.78 is 5.32. The van der Waals surface area contributed by atoms with E-state index in [2.05, 4.69) is 10.3 Å². The Morgan fingerprint density at radius 2 is 2.31 bits per heavy atom. The Labute approximate surface area is 93.8 Å². The van der Waals surface area contributed by atoms with Crippen LogP contribution in [0.1, 0.15) is 19.8 Å². The number of hydrogen-bond donors (Lipinski definition) is 1. The zero-order valence-corrected chi connectivity index (χ0v) is 9.40. The summed E-state index contributed by atoms with van der Waals surface area (Å²) in [6.07, 6.45) is 1.91. The molecule has 0 radical (unpaired) electrons. The van der Waals surface area contributed by atoms with Gasteiger partial charge in [0.1, 0.15) is 5.82 Å². The lowest BCUT2D eigenvalue weighted by molar-refractivity contribution is -0.384. The van der Waals surface area contributed by atoms with Gasteiger partial charge in [-0.05, 0) is 6.42 Å². The first-order valence-electron chi connectivity index (χ1n) is 5.14. The maximum absolute atomic E-state index is 10.6. The van der Waals surface area contributed by atoms with Gasteiger partial charge in [-0.3, -0.25) is 10.1 Å². The van der Waals surface area contributed by atoms with E-state index in [-0.39, 0.29) is 11.6 Å². The van der Waals surface area contributed by atoms with Crippen molar-refractivity contribution in [1.82, 2.24) is 4.98 Å². The van der Waals surface area contributed by atoms with E-state index in [1.54, 1.807) is 7.05 Å². The molecule has 0 fully saturated rings. The predicted molar refractivity (Wildman–Crippen MR) is 60.8 cm³/mol. The van der Waals surface area contributed by atoms with Gasteiger partial charge in [0, 0.05) is 7.05 Å². The minimum atomic E-state index is -0.463. The smallest absolute Gasteiger partial charge is 0.278 e. The topological polar surface area (TPSA) is 77.3 Å². The normalized spacial score (nSPS) is 9.88. The van der Waals surface area contributed by atoms with Gasteiger partial charge in [-0.2, -0.15) is 4.98 Å². The predicted octanol–water partition coefficient (Wildman–Crippen LogP) is 2.21. The summed E-state index contributed by atoms with van der Waals surface area (Å²) in [4.78, 5) is 14.3. The lowest BCUT2D eigenvalue weighted by atomic mass is 10.3. The van der Waals surface area contributed by atoms with Crippen molar-refractivity contribution in [3.63, 3.8) is 0 Å². The maximum Gasteiger partial charge on any atom is 0.278 e. The van der Waals surface area contributed by atoms with Gasteiger partial charge in [0.25, 0.3) is 5.69 Å². The number of nitrogens with one attached hydrogen (secondary N) is 1. The van der Waals surface area contributed by atoms with Crippen LogP contribution in [-0.2, 0) is 0 Å². The van der Waals surface area contributed by atoms with Crippen LogP contribution in [0.2, 0.25) is 0 Å². The Balaban J connectivity index is 2.82. The summed E-state index contributed by atoms with van der Waals surface area (Å²) in [5, 5.41) is 13.4. The zero-order chi connectivity index (χ0) is 12.0. The van der Waals surface area contributed by atoms with Gasteiger partial charge in [0.05, 0.1) is 23.7 Å². The molecule has 1 N–H and O–H groups in total. The SMILES string of the molecule is CCCCOc1cc([N+](=O)[O-])cc(NC)n1. The van der Waals surface area contributed by atoms with Crippen LogP contribution in [0.3, 0.4) is 0 Å². The molecule has 1 rings (SSSR count). The first kappa shape index (κ1) is 12.2. The van der Waals surface area contributed by atoms with E-state index in [0.717, 1.165) is 12.8 Å². The van der Waals surface area contributed by atoms with Crippen LogP contribution in [0.5, 0.6) is 5.88 Å². The van der Waals surface area contributed by atoms with E-state index in [4.69, 9.17) is 4.74 Å². The van der Waals surface area contributed by atoms with Gasteiger partial charge in [0.15, 0.2) is 0 Å². The number of nitro groups is 1. The Morgan fingerprint density at radius 3 is 2.88 bits per heavy atom. The highest BCUT2D eigenvalue weighted by Crippen LogP contribution is 2.21. The van der Waals surface area contributed by atoms with Gasteiger partial charge in [-0.15, -0.1) is 0 Å². The second-order valence-corrected chi connectivity index (χ2v) is 3.26. The molecular formula is C10H15N3O3. The number of unbranched alkanes of at least 4 members (excludes halogenated alkanes) is 1. The Hall–Kier alpha value is -1.85. The van der Waals surface area contributed by atoms with Crippen molar-refractivity contribution in [3.05, 3.63) is 22.2 Å². The van der Waals surface area contributed by atoms with E-state index in [9.17, 15) is 10.1 Å². The van der Waals surface area contributed by atoms with E-state index in [0.29, 0.717) is 12.4 Å². The van der Waals surface area contributed by atoms with Crippen LogP contribution in [0.4, 0.5) is 11.5 Å². The number of rotatable bonds is 6. The fraction of sp³-hybridized carbons (Fsp3) is 0.500. The molecule has 0 unspecified atom stereocenters. The molecule has 0 spiro atoms. The van der Waals surface area contributed by atoms with Crippen molar-refractivity contribution >= 4 is 11.5 Å². The molecule has 1 aromatic rings. The number of hydrogen-bond acceptors (Lipinski definition) is 5. The van der Waals surface area contributed by atoms with E-state index >= 15 is 0 Å². The molecule has 0 atom stereocenters. The Kier molecular flexibility index (Phi) is 4.50. The molecule has 1 heterocycles. The number of aromatic nitrogens is 1. The lowest BCUT2D eigenvalue weighted by Gasteiger charge is -2.06. The first-order chi connectivity index (χ1) is 7.67. The number of nitrogens with zero attached hydrogens (tertiary/aromatic N) is 2. The molecule has 0 aliphatic carbocycles. The average Bonchev–Trinajstić information content (AvgIpc) is 2.29. The van der Waals surface area contributed by atoms with Gasteiger partial charge in [-0.1, -0.05) is 13.3 Å². The minimum Gasteiger partial charge on any atom is -0.477 e. The summed E-state index contributed by atoms with van der Waals surface area (Å²) in [7, 11) is 1.65. The van der Waals surface area contributed by atoms with Crippen molar-refractivity contribution in [2.24, 2.45) is 0 Å². The first-order valence-corrected chi connectivity index (χ1v) is 5.14. The van der Waals surface area contributed by atoms with Crippen LogP contribution in [0.25, 0.3) is 0 Å². The third-order valence-corrected chi connectivity index (χ3v) is 2.00. The van der Waals surface area contributed by atoms with Gasteiger partial charge in [0.2, 0.25) is 5.88 Å². The summed E-state index contributed by atoms with van der Waals surface area (Å²) in [6.45, 7) is 2.57. The van der Waals surface area contributed by atoms with Crippen LogP contribution in [0.15, 0.2) is 12.1 Å². The molecule has 6 heteroatoms. The van der Waals surface area contributed by atoms with Crippen molar-refractivity contribution in [1.29, 1.82) is 0 Å². The number of ether oxygens (including phenoxy) is 1. The number of anilines is 1. The minimum absolute atomic E-state index is 0.0224. The highest BCUT2D eigenvalue weighted by Gasteiger charge is 2.11. The van der Waals surface area contributed by atoms with E-state index in [1.807, 2.05) is 6.92 Å². The number of pyridine rings is 1. The van der Waals surface area contributed by atoms with Crippen molar-refractivity contribution in [2.45, 2.75) is 19.8 Å². The third kappa shape index (κ3) is 3.38. The van der Waals surface area contributed by atoms with Crippen LogP contribution in [-0.4, -0.2) is 23.6 Å². The fourth-order valence-corrected chi connectivity index (χ4v) is 1.12. The second-order valence-electron chi connectivity index (χ2n) is 3.26.